The van der Waals surface area contributed by atoms with Gasteiger partial charge in [-0.2, -0.15) is 5.26 Å². The first-order valence-corrected chi connectivity index (χ1v) is 14.4. The Bertz CT molecular complexity index is 1670. The summed E-state index contributed by atoms with van der Waals surface area (Å²) >= 11 is 0. The molecular weight excluding hydrogens is 541 g/mol. The SMILES string of the molecule is CCOP(=O)(O)OCn1cc(-c2cccc(C#N)c2)c2cc(-c3cccc(N(C)C(=O)/C=C/CN(C)C)c3)cnc21. The van der Waals surface area contributed by atoms with Gasteiger partial charge in [0.05, 0.1) is 18.2 Å². The smallest absolute Gasteiger partial charge is 0.312 e. The van der Waals surface area contributed by atoms with Gasteiger partial charge in [-0.25, -0.2) is 9.55 Å². The van der Waals surface area contributed by atoms with Gasteiger partial charge in [-0.15, -0.1) is 0 Å². The fraction of sp³-hybridized carbons (Fsp3) is 0.233. The fourth-order valence-electron chi connectivity index (χ4n) is 4.25. The van der Waals surface area contributed by atoms with Crippen molar-refractivity contribution in [3.8, 4) is 28.3 Å². The Labute approximate surface area is 239 Å². The van der Waals surface area contributed by atoms with Crippen LogP contribution in [0.2, 0.25) is 0 Å². The van der Waals surface area contributed by atoms with E-state index in [1.807, 2.05) is 61.5 Å². The van der Waals surface area contributed by atoms with Crippen molar-refractivity contribution in [2.45, 2.75) is 13.7 Å². The van der Waals surface area contributed by atoms with Gasteiger partial charge in [0.2, 0.25) is 5.91 Å². The van der Waals surface area contributed by atoms with Crippen LogP contribution in [0, 0.1) is 11.3 Å². The minimum Gasteiger partial charge on any atom is -0.312 e. The summed E-state index contributed by atoms with van der Waals surface area (Å²) in [6.07, 6.45) is 6.85. The van der Waals surface area contributed by atoms with Crippen LogP contribution in [0.15, 0.2) is 79.1 Å². The van der Waals surface area contributed by atoms with Crippen molar-refractivity contribution < 1.29 is 23.3 Å². The maximum atomic E-state index is 12.7. The molecule has 0 radical (unpaired) electrons. The van der Waals surface area contributed by atoms with Crippen LogP contribution in [0.25, 0.3) is 33.3 Å². The molecule has 4 rings (SSSR count). The van der Waals surface area contributed by atoms with E-state index in [0.717, 1.165) is 33.3 Å². The number of likely N-dealkylation sites (N-methyl/N-ethyl adjacent to an activating group) is 2. The van der Waals surface area contributed by atoms with Crippen molar-refractivity contribution in [2.24, 2.45) is 0 Å². The van der Waals surface area contributed by atoms with Gasteiger partial charge in [0.15, 0.2) is 0 Å². The number of rotatable bonds is 11. The van der Waals surface area contributed by atoms with Crippen LogP contribution in [0.3, 0.4) is 0 Å². The topological polar surface area (TPSA) is 121 Å². The number of carbonyl (C=O) groups excluding carboxylic acids is 1. The van der Waals surface area contributed by atoms with Gasteiger partial charge in [-0.05, 0) is 62.5 Å². The van der Waals surface area contributed by atoms with Crippen LogP contribution in [0.4, 0.5) is 5.69 Å². The summed E-state index contributed by atoms with van der Waals surface area (Å²) in [6, 6.07) is 18.9. The zero-order valence-electron chi connectivity index (χ0n) is 23.4. The van der Waals surface area contributed by atoms with Gasteiger partial charge in [0.1, 0.15) is 12.4 Å². The maximum Gasteiger partial charge on any atom is 0.473 e. The minimum atomic E-state index is -4.24. The largest absolute Gasteiger partial charge is 0.473 e. The summed E-state index contributed by atoms with van der Waals surface area (Å²) in [5.41, 5.74) is 4.97. The van der Waals surface area contributed by atoms with E-state index in [0.29, 0.717) is 17.8 Å². The van der Waals surface area contributed by atoms with Crippen molar-refractivity contribution in [3.63, 3.8) is 0 Å². The predicted molar refractivity (Wildman–Crippen MR) is 159 cm³/mol. The van der Waals surface area contributed by atoms with Crippen LogP contribution in [-0.2, 0) is 25.1 Å². The molecule has 2 heterocycles. The van der Waals surface area contributed by atoms with E-state index < -0.39 is 7.82 Å². The molecule has 0 aliphatic carbocycles. The molecule has 1 N–H and O–H groups in total. The monoisotopic (exact) mass is 573 g/mol. The number of pyridine rings is 1. The Morgan fingerprint density at radius 2 is 1.85 bits per heavy atom. The zero-order chi connectivity index (χ0) is 29.6. The number of fused-ring (bicyclic) bond motifs is 1. The Balaban J connectivity index is 1.74. The molecule has 212 valence electrons. The van der Waals surface area contributed by atoms with Gasteiger partial charge in [0.25, 0.3) is 0 Å². The third-order valence-electron chi connectivity index (χ3n) is 6.30. The number of benzene rings is 2. The molecule has 0 bridgehead atoms. The lowest BCUT2D eigenvalue weighted by Crippen LogP contribution is -2.24. The van der Waals surface area contributed by atoms with E-state index in [1.165, 1.54) is 0 Å². The Kier molecular flexibility index (Phi) is 9.50. The second kappa shape index (κ2) is 13.0. The summed E-state index contributed by atoms with van der Waals surface area (Å²) < 4.78 is 23.8. The van der Waals surface area contributed by atoms with Crippen LogP contribution in [0.1, 0.15) is 12.5 Å². The maximum absolute atomic E-state index is 12.7. The van der Waals surface area contributed by atoms with Crippen molar-refractivity contribution in [3.05, 3.63) is 84.7 Å². The normalized spacial score (nSPS) is 13.0. The molecule has 41 heavy (non-hydrogen) atoms. The highest BCUT2D eigenvalue weighted by Crippen LogP contribution is 2.44. The second-order valence-corrected chi connectivity index (χ2v) is 11.0. The van der Waals surface area contributed by atoms with E-state index >= 15 is 0 Å². The zero-order valence-corrected chi connectivity index (χ0v) is 24.3. The fourth-order valence-corrected chi connectivity index (χ4v) is 4.92. The van der Waals surface area contributed by atoms with E-state index in [4.69, 9.17) is 9.05 Å². The quantitative estimate of drug-likeness (QED) is 0.186. The predicted octanol–water partition coefficient (Wildman–Crippen LogP) is 5.43. The average Bonchev–Trinajstić information content (AvgIpc) is 3.33. The summed E-state index contributed by atoms with van der Waals surface area (Å²) in [7, 11) is 1.36. The lowest BCUT2D eigenvalue weighted by Gasteiger charge is -2.17. The number of aromatic nitrogens is 2. The Morgan fingerprint density at radius 3 is 2.59 bits per heavy atom. The van der Waals surface area contributed by atoms with E-state index in [1.54, 1.807) is 60.1 Å². The third-order valence-corrected chi connectivity index (χ3v) is 7.32. The van der Waals surface area contributed by atoms with Crippen molar-refractivity contribution in [1.29, 1.82) is 5.26 Å². The second-order valence-electron chi connectivity index (χ2n) is 9.56. The van der Waals surface area contributed by atoms with Gasteiger partial charge < -0.3 is 19.3 Å². The first-order valence-electron chi connectivity index (χ1n) is 12.9. The molecule has 1 unspecified atom stereocenters. The van der Waals surface area contributed by atoms with E-state index in [2.05, 4.69) is 11.1 Å². The van der Waals surface area contributed by atoms with Gasteiger partial charge in [-0.3, -0.25) is 13.8 Å². The molecule has 1 amide bonds. The molecular formula is C30H32N5O5P. The van der Waals surface area contributed by atoms with Crippen molar-refractivity contribution >= 4 is 30.5 Å². The highest BCUT2D eigenvalue weighted by atomic mass is 31.2. The number of amides is 1. The Hall–Kier alpha value is -4.10. The number of nitrogens with zero attached hydrogens (tertiary/aromatic N) is 5. The van der Waals surface area contributed by atoms with Crippen molar-refractivity contribution in [1.82, 2.24) is 14.5 Å². The lowest BCUT2D eigenvalue weighted by molar-refractivity contribution is -0.113. The first kappa shape index (κ1) is 29.9. The number of hydrogen-bond donors (Lipinski definition) is 1. The molecule has 11 heteroatoms. The van der Waals surface area contributed by atoms with Gasteiger partial charge >= 0.3 is 7.82 Å². The third kappa shape index (κ3) is 7.35. The molecule has 0 saturated heterocycles. The number of hydrogen-bond acceptors (Lipinski definition) is 7. The van der Waals surface area contributed by atoms with Gasteiger partial charge in [0, 0.05) is 54.3 Å². The Morgan fingerprint density at radius 1 is 1.10 bits per heavy atom. The number of phosphoric acid groups is 1. The van der Waals surface area contributed by atoms with E-state index in [9.17, 15) is 19.5 Å². The molecule has 0 spiro atoms. The van der Waals surface area contributed by atoms with Crippen LogP contribution in [0.5, 0.6) is 0 Å². The summed E-state index contributed by atoms with van der Waals surface area (Å²) in [4.78, 5) is 30.8. The molecule has 2 aromatic heterocycles. The highest BCUT2D eigenvalue weighted by molar-refractivity contribution is 7.47. The highest BCUT2D eigenvalue weighted by Gasteiger charge is 2.22. The lowest BCUT2D eigenvalue weighted by atomic mass is 10.0. The summed E-state index contributed by atoms with van der Waals surface area (Å²) in [5.74, 6) is -0.137. The number of carbonyl (C=O) groups is 1. The molecule has 0 saturated carbocycles. The molecule has 0 aliphatic rings. The molecule has 1 atom stereocenters. The standard InChI is InChI=1S/C30H32N5O5P/c1-5-39-41(37,38)40-21-35-20-28(24-11-6-9-22(15-24)18-31)27-17-25(19-32-30(27)35)23-10-7-12-26(16-23)34(4)29(36)13-8-14-33(2)3/h6-13,15-17,19-20H,5,14,21H2,1-4H3,(H,37,38)/b13-8+. The number of phosphoric ester groups is 1. The number of anilines is 1. The van der Waals surface area contributed by atoms with Crippen molar-refractivity contribution in [2.75, 3.05) is 39.2 Å². The molecule has 4 aromatic rings. The minimum absolute atomic E-state index is 0.0280. The number of nitriles is 1. The first-order chi connectivity index (χ1) is 19.6. The summed E-state index contributed by atoms with van der Waals surface area (Å²) in [6.45, 7) is 2.03. The van der Waals surface area contributed by atoms with Crippen LogP contribution >= 0.6 is 7.82 Å². The molecule has 0 aliphatic heterocycles. The molecule has 2 aromatic carbocycles. The molecule has 0 fully saturated rings. The van der Waals surface area contributed by atoms with Gasteiger partial charge in [-0.1, -0.05) is 30.3 Å². The van der Waals surface area contributed by atoms with E-state index in [-0.39, 0.29) is 19.2 Å². The average molecular weight is 574 g/mol. The summed E-state index contributed by atoms with van der Waals surface area (Å²) in [5, 5.41) is 10.2. The van der Waals surface area contributed by atoms with Crippen LogP contribution < -0.4 is 4.90 Å². The van der Waals surface area contributed by atoms with Crippen LogP contribution in [-0.4, -0.2) is 59.5 Å². The molecule has 10 nitrogen and oxygen atoms in total.